The van der Waals surface area contributed by atoms with Crippen molar-refractivity contribution in [2.45, 2.75) is 19.8 Å². The Bertz CT molecular complexity index is 475. The molecule has 0 unspecified atom stereocenters. The molecule has 0 spiro atoms. The van der Waals surface area contributed by atoms with Crippen LogP contribution >= 0.6 is 0 Å². The third-order valence-electron chi connectivity index (χ3n) is 2.67. The van der Waals surface area contributed by atoms with Crippen molar-refractivity contribution in [2.24, 2.45) is 4.99 Å². The Morgan fingerprint density at radius 3 is 2.53 bits per heavy atom. The molecule has 0 radical (unpaired) electrons. The van der Waals surface area contributed by atoms with E-state index in [-0.39, 0.29) is 42.3 Å². The van der Waals surface area contributed by atoms with Gasteiger partial charge in [0.2, 0.25) is 0 Å². The number of hydrogen-bond acceptors (Lipinski definition) is 2. The maximum atomic E-state index is 9.58. The summed E-state index contributed by atoms with van der Waals surface area (Å²) >= 11 is 0. The van der Waals surface area contributed by atoms with Crippen LogP contribution in [0.2, 0.25) is 0 Å². The van der Waals surface area contributed by atoms with Gasteiger partial charge in [-0.25, -0.2) is 0 Å². The second-order valence-electron chi connectivity index (χ2n) is 3.89. The second-order valence-corrected chi connectivity index (χ2v) is 3.89. The van der Waals surface area contributed by atoms with E-state index in [9.17, 15) is 5.11 Å². The van der Waals surface area contributed by atoms with Crippen LogP contribution in [0.15, 0.2) is 52.7 Å². The zero-order chi connectivity index (χ0) is 11.4. The van der Waals surface area contributed by atoms with Crippen LogP contribution in [-0.2, 0) is 21.7 Å². The van der Waals surface area contributed by atoms with Gasteiger partial charge in [-0.1, -0.05) is 24.3 Å². The molecule has 1 N–H and O–H groups in total. The first-order valence-electron chi connectivity index (χ1n) is 5.46. The van der Waals surface area contributed by atoms with E-state index >= 15 is 0 Å². The number of aliphatic imine (C=N–C) groups is 1. The third-order valence-corrected chi connectivity index (χ3v) is 2.67. The van der Waals surface area contributed by atoms with Gasteiger partial charge in [-0.3, -0.25) is 4.99 Å². The van der Waals surface area contributed by atoms with Gasteiger partial charge >= 0.3 is 21.7 Å². The number of para-hydroxylation sites is 1. The molecule has 0 saturated carbocycles. The molecule has 19 heavy (non-hydrogen) atoms. The fourth-order valence-electron chi connectivity index (χ4n) is 1.68. The van der Waals surface area contributed by atoms with Gasteiger partial charge in [0.05, 0.1) is 0 Å². The van der Waals surface area contributed by atoms with Crippen molar-refractivity contribution in [1.82, 2.24) is 0 Å². The van der Waals surface area contributed by atoms with E-state index in [1.807, 2.05) is 12.1 Å². The number of nitrogens with zero attached hydrogens (tertiary/aromatic N) is 1. The Morgan fingerprint density at radius 1 is 1.21 bits per heavy atom. The van der Waals surface area contributed by atoms with Gasteiger partial charge < -0.3 is 20.0 Å². The van der Waals surface area contributed by atoms with Crippen LogP contribution in [0.5, 0.6) is 5.75 Å². The van der Waals surface area contributed by atoms with Crippen LogP contribution in [0.1, 0.15) is 25.3 Å². The Hall–Kier alpha value is -1.12. The van der Waals surface area contributed by atoms with Crippen molar-refractivity contribution in [1.29, 1.82) is 0 Å². The molecule has 2 nitrogen and oxygen atoms in total. The Morgan fingerprint density at radius 2 is 1.89 bits per heavy atom. The first-order valence-corrected chi connectivity index (χ1v) is 5.46. The van der Waals surface area contributed by atoms with E-state index in [0.29, 0.717) is 0 Å². The number of hydrogen-bond donors (Lipinski definition) is 1. The van der Waals surface area contributed by atoms with E-state index in [2.05, 4.69) is 24.1 Å². The molecule has 0 bridgehead atoms. The topological polar surface area (TPSA) is 32.6 Å². The monoisotopic (exact) mass is 291 g/mol. The summed E-state index contributed by atoms with van der Waals surface area (Å²) < 4.78 is 0. The fourth-order valence-corrected chi connectivity index (χ4v) is 1.68. The molecule has 1 aromatic carbocycles. The molecule has 0 heterocycles. The quantitative estimate of drug-likeness (QED) is 0.491. The molecule has 0 aromatic heterocycles. The number of phenols is 1. The van der Waals surface area contributed by atoms with Crippen LogP contribution < -0.4 is 0 Å². The van der Waals surface area contributed by atoms with E-state index in [4.69, 9.17) is 0 Å². The summed E-state index contributed by atoms with van der Waals surface area (Å²) in [6, 6.07) is 7.22. The molecule has 0 amide bonds. The Kier molecular flexibility index (Phi) is 10.4. The number of allylic oxidation sites excluding steroid dienone is 4. The van der Waals surface area contributed by atoms with Gasteiger partial charge in [0.25, 0.3) is 0 Å². The molecule has 1 aromatic rings. The molecule has 3 heteroatoms. The number of aromatic hydroxyl groups is 1. The number of benzene rings is 1. The SMILES string of the molecule is CC1=C(N=Cc2ccccc2O)CCC=C1.[CH3-].[CH3-].[Ti+2]. The molecular formula is C16H21NOTi. The van der Waals surface area contributed by atoms with Gasteiger partial charge in [-0.05, 0) is 37.5 Å². The smallest absolute Gasteiger partial charge is 0.507 e. The maximum absolute atomic E-state index is 9.58. The number of rotatable bonds is 2. The minimum Gasteiger partial charge on any atom is -0.507 e. The summed E-state index contributed by atoms with van der Waals surface area (Å²) in [6.07, 6.45) is 8.01. The van der Waals surface area contributed by atoms with Crippen LogP contribution in [0.4, 0.5) is 0 Å². The molecule has 0 atom stereocenters. The van der Waals surface area contributed by atoms with Crippen molar-refractivity contribution in [3.63, 3.8) is 0 Å². The molecule has 2 rings (SSSR count). The minimum absolute atomic E-state index is 0. The van der Waals surface area contributed by atoms with Crippen LogP contribution in [0, 0.1) is 14.9 Å². The van der Waals surface area contributed by atoms with E-state index in [1.165, 1.54) is 5.57 Å². The average molecular weight is 291 g/mol. The van der Waals surface area contributed by atoms with Gasteiger partial charge in [0.1, 0.15) is 5.75 Å². The molecule has 1 aliphatic rings. The minimum atomic E-state index is 0. The average Bonchev–Trinajstić information content (AvgIpc) is 2.30. The summed E-state index contributed by atoms with van der Waals surface area (Å²) in [6.45, 7) is 2.06. The van der Waals surface area contributed by atoms with E-state index in [0.717, 1.165) is 24.1 Å². The molecule has 0 fully saturated rings. The zero-order valence-electron chi connectivity index (χ0n) is 11.9. The summed E-state index contributed by atoms with van der Waals surface area (Å²) in [5.41, 5.74) is 3.07. The van der Waals surface area contributed by atoms with Crippen molar-refractivity contribution >= 4 is 6.21 Å². The van der Waals surface area contributed by atoms with Crippen LogP contribution in [0.25, 0.3) is 0 Å². The fraction of sp³-hybridized carbons (Fsp3) is 0.188. The van der Waals surface area contributed by atoms with Gasteiger partial charge in [0, 0.05) is 17.5 Å². The van der Waals surface area contributed by atoms with Gasteiger partial charge in [-0.15, -0.1) is 0 Å². The Balaban J connectivity index is 0. The first kappa shape index (κ1) is 20.2. The van der Waals surface area contributed by atoms with Crippen molar-refractivity contribution in [3.05, 3.63) is 68.1 Å². The molecule has 100 valence electrons. The second kappa shape index (κ2) is 9.77. The van der Waals surface area contributed by atoms with E-state index < -0.39 is 0 Å². The van der Waals surface area contributed by atoms with Crippen LogP contribution in [0.3, 0.4) is 0 Å². The molecule has 0 saturated heterocycles. The predicted molar refractivity (Wildman–Crippen MR) is 79.6 cm³/mol. The van der Waals surface area contributed by atoms with Gasteiger partial charge in [-0.2, -0.15) is 0 Å². The molecule has 1 aliphatic carbocycles. The zero-order valence-corrected chi connectivity index (χ0v) is 13.4. The summed E-state index contributed by atoms with van der Waals surface area (Å²) in [5, 5.41) is 9.58. The normalized spacial score (nSPS) is 13.5. The van der Waals surface area contributed by atoms with E-state index in [1.54, 1.807) is 18.3 Å². The third kappa shape index (κ3) is 5.58. The summed E-state index contributed by atoms with van der Waals surface area (Å²) in [5.74, 6) is 0.274. The van der Waals surface area contributed by atoms with Gasteiger partial charge in [0.15, 0.2) is 0 Å². The van der Waals surface area contributed by atoms with Crippen LogP contribution in [-0.4, -0.2) is 11.3 Å². The summed E-state index contributed by atoms with van der Waals surface area (Å²) in [7, 11) is 0. The largest absolute Gasteiger partial charge is 2.00 e. The number of phenolic OH excluding ortho intramolecular Hbond substituents is 1. The van der Waals surface area contributed by atoms with Crippen molar-refractivity contribution in [2.75, 3.05) is 0 Å². The molecular weight excluding hydrogens is 270 g/mol. The Labute approximate surface area is 131 Å². The maximum Gasteiger partial charge on any atom is 2.00 e. The predicted octanol–water partition coefficient (Wildman–Crippen LogP) is 4.33. The molecule has 0 aliphatic heterocycles. The van der Waals surface area contributed by atoms with Crippen molar-refractivity contribution < 1.29 is 26.8 Å². The standard InChI is InChI=1S/C14H15NO.2CH3.Ti/c1-11-6-2-4-8-13(11)15-10-12-7-3-5-9-14(12)16;;;/h2-3,5-7,9-10,16H,4,8H2,1H3;2*1H3;/q;2*-1;+2. The van der Waals surface area contributed by atoms with Crippen molar-refractivity contribution in [3.8, 4) is 5.75 Å². The summed E-state index contributed by atoms with van der Waals surface area (Å²) in [4.78, 5) is 4.44. The first-order chi connectivity index (χ1) is 7.77.